The number of carbonyl (C=O) groups excluding carboxylic acids is 2. The van der Waals surface area contributed by atoms with E-state index < -0.39 is 36.2 Å². The van der Waals surface area contributed by atoms with E-state index in [-0.39, 0.29) is 32.1 Å². The number of hydrogen-bond donors (Lipinski definition) is 3. The van der Waals surface area contributed by atoms with Crippen molar-refractivity contribution in [3.63, 3.8) is 0 Å². The fourth-order valence-corrected chi connectivity index (χ4v) is 4.57. The van der Waals surface area contributed by atoms with Gasteiger partial charge in [0.05, 0.1) is 6.04 Å². The fraction of sp³-hybridized carbons (Fsp3) is 0.400. The number of amides is 2. The van der Waals surface area contributed by atoms with Gasteiger partial charge in [-0.3, -0.25) is 4.79 Å². The lowest BCUT2D eigenvalue weighted by Gasteiger charge is -2.21. The summed E-state index contributed by atoms with van der Waals surface area (Å²) in [4.78, 5) is 36.0. The van der Waals surface area contributed by atoms with Gasteiger partial charge in [-0.15, -0.1) is 0 Å². The first-order valence-corrected chi connectivity index (χ1v) is 11.3. The van der Waals surface area contributed by atoms with Gasteiger partial charge in [0.1, 0.15) is 12.7 Å². The van der Waals surface area contributed by atoms with Crippen molar-refractivity contribution in [1.29, 1.82) is 0 Å². The number of methoxy groups -OCH3 is 1. The van der Waals surface area contributed by atoms with Crippen molar-refractivity contribution in [2.24, 2.45) is 0 Å². The molecule has 1 unspecified atom stereocenters. The number of carboxylic acid groups (broad SMARTS) is 1. The maximum absolute atomic E-state index is 12.5. The van der Waals surface area contributed by atoms with Crippen molar-refractivity contribution in [3.8, 4) is 11.1 Å². The van der Waals surface area contributed by atoms with Crippen LogP contribution in [0.3, 0.4) is 0 Å². The van der Waals surface area contributed by atoms with E-state index in [1.807, 2.05) is 36.4 Å². The molecule has 2 aromatic rings. The van der Waals surface area contributed by atoms with Crippen LogP contribution >= 0.6 is 0 Å². The molecule has 2 aromatic carbocycles. The highest BCUT2D eigenvalue weighted by atomic mass is 16.5. The summed E-state index contributed by atoms with van der Waals surface area (Å²) in [7, 11) is 1.39. The summed E-state index contributed by atoms with van der Waals surface area (Å²) in [5, 5.41) is 14.5. The number of fused-ring (bicyclic) bond motifs is 3. The maximum Gasteiger partial charge on any atom is 0.407 e. The van der Waals surface area contributed by atoms with E-state index in [1.165, 1.54) is 7.11 Å². The van der Waals surface area contributed by atoms with Crippen LogP contribution in [0.25, 0.3) is 11.1 Å². The normalized spacial score (nSPS) is 19.7. The van der Waals surface area contributed by atoms with Crippen molar-refractivity contribution in [2.75, 3.05) is 26.9 Å². The summed E-state index contributed by atoms with van der Waals surface area (Å²) in [5.74, 6) is -1.60. The lowest BCUT2D eigenvalue weighted by molar-refractivity contribution is -0.148. The molecule has 0 bridgehead atoms. The second kappa shape index (κ2) is 10.7. The Bertz CT molecular complexity index is 1010. The van der Waals surface area contributed by atoms with E-state index in [1.54, 1.807) is 0 Å². The first-order valence-electron chi connectivity index (χ1n) is 11.3. The van der Waals surface area contributed by atoms with Crippen LogP contribution in [0.15, 0.2) is 48.5 Å². The molecule has 1 heterocycles. The van der Waals surface area contributed by atoms with E-state index in [9.17, 15) is 14.4 Å². The molecule has 3 N–H and O–H groups in total. The number of alkyl carbamates (subject to hydrolysis) is 1. The zero-order chi connectivity index (χ0) is 24.1. The van der Waals surface area contributed by atoms with Crippen LogP contribution in [-0.2, 0) is 23.8 Å². The van der Waals surface area contributed by atoms with Gasteiger partial charge in [0.25, 0.3) is 0 Å². The Morgan fingerprint density at radius 2 is 1.74 bits per heavy atom. The number of rotatable bonds is 9. The highest BCUT2D eigenvalue weighted by Crippen LogP contribution is 2.44. The zero-order valence-corrected chi connectivity index (χ0v) is 18.9. The molecule has 0 spiro atoms. The number of ether oxygens (including phenoxy) is 3. The standard InChI is InChI=1S/C25H28N2O7/c1-32-21(23(28)27-20-11-13-33-22(20)24(29)30)10-12-26-25(31)34-14-19-17-8-4-2-6-15(17)16-7-3-5-9-18(16)19/h2-9,19-22H,10-14H2,1H3,(H,26,31)(H,27,28)(H,29,30)/t20-,21?,22+/m0/s1. The van der Waals surface area contributed by atoms with Crippen LogP contribution in [0, 0.1) is 0 Å². The van der Waals surface area contributed by atoms with Gasteiger partial charge >= 0.3 is 12.1 Å². The van der Waals surface area contributed by atoms with Gasteiger partial charge in [-0.05, 0) is 28.7 Å². The predicted molar refractivity (Wildman–Crippen MR) is 122 cm³/mol. The second-order valence-electron chi connectivity index (χ2n) is 8.30. The van der Waals surface area contributed by atoms with Crippen molar-refractivity contribution in [1.82, 2.24) is 10.6 Å². The lowest BCUT2D eigenvalue weighted by atomic mass is 9.98. The molecule has 9 nitrogen and oxygen atoms in total. The van der Waals surface area contributed by atoms with Crippen molar-refractivity contribution in [3.05, 3.63) is 59.7 Å². The Labute approximate surface area is 197 Å². The van der Waals surface area contributed by atoms with Gasteiger partial charge in [0.2, 0.25) is 5.91 Å². The molecular weight excluding hydrogens is 440 g/mol. The van der Waals surface area contributed by atoms with E-state index in [0.717, 1.165) is 22.3 Å². The molecule has 1 aliphatic heterocycles. The van der Waals surface area contributed by atoms with E-state index in [2.05, 4.69) is 22.8 Å². The molecule has 3 atom stereocenters. The molecule has 4 rings (SSSR count). The highest BCUT2D eigenvalue weighted by Gasteiger charge is 2.36. The Hall–Kier alpha value is -3.43. The number of carbonyl (C=O) groups is 3. The molecule has 180 valence electrons. The molecular formula is C25H28N2O7. The molecule has 0 radical (unpaired) electrons. The van der Waals surface area contributed by atoms with E-state index >= 15 is 0 Å². The summed E-state index contributed by atoms with van der Waals surface area (Å²) in [5.41, 5.74) is 4.56. The summed E-state index contributed by atoms with van der Waals surface area (Å²) < 4.78 is 15.9. The molecule has 1 fully saturated rings. The van der Waals surface area contributed by atoms with Gasteiger partial charge in [-0.2, -0.15) is 0 Å². The first kappa shape index (κ1) is 23.7. The number of carboxylic acids is 1. The topological polar surface area (TPSA) is 123 Å². The smallest absolute Gasteiger partial charge is 0.407 e. The minimum Gasteiger partial charge on any atom is -0.479 e. The van der Waals surface area contributed by atoms with Gasteiger partial charge in [0.15, 0.2) is 6.10 Å². The third-order valence-corrected chi connectivity index (χ3v) is 6.26. The quantitative estimate of drug-likeness (QED) is 0.516. The number of aliphatic carboxylic acids is 1. The second-order valence-corrected chi connectivity index (χ2v) is 8.30. The van der Waals surface area contributed by atoms with Crippen LogP contribution in [-0.4, -0.2) is 68.2 Å². The summed E-state index contributed by atoms with van der Waals surface area (Å²) >= 11 is 0. The molecule has 9 heteroatoms. The van der Waals surface area contributed by atoms with Crippen LogP contribution < -0.4 is 10.6 Å². The molecule has 0 aromatic heterocycles. The van der Waals surface area contributed by atoms with Crippen molar-refractivity contribution in [2.45, 2.75) is 37.0 Å². The molecule has 0 saturated carbocycles. The number of nitrogens with one attached hydrogen (secondary N) is 2. The van der Waals surface area contributed by atoms with Gasteiger partial charge in [-0.1, -0.05) is 48.5 Å². The maximum atomic E-state index is 12.5. The number of hydrogen-bond acceptors (Lipinski definition) is 6. The third kappa shape index (κ3) is 5.05. The average molecular weight is 469 g/mol. The largest absolute Gasteiger partial charge is 0.479 e. The van der Waals surface area contributed by atoms with Gasteiger partial charge < -0.3 is 30.0 Å². The van der Waals surface area contributed by atoms with Gasteiger partial charge in [-0.25, -0.2) is 9.59 Å². The Balaban J connectivity index is 1.25. The zero-order valence-electron chi connectivity index (χ0n) is 18.9. The predicted octanol–water partition coefficient (Wildman–Crippen LogP) is 2.29. The summed E-state index contributed by atoms with van der Waals surface area (Å²) in [6, 6.07) is 15.6. The molecule has 2 amide bonds. The molecule has 1 aliphatic carbocycles. The Kier molecular flexibility index (Phi) is 7.44. The van der Waals surface area contributed by atoms with Crippen LogP contribution in [0.1, 0.15) is 29.9 Å². The lowest BCUT2D eigenvalue weighted by Crippen LogP contribution is -2.48. The SMILES string of the molecule is COC(CCNC(=O)OCC1c2ccccc2-c2ccccc21)C(=O)N[C@H]1CCO[C@H]1C(=O)O. The monoisotopic (exact) mass is 468 g/mol. The summed E-state index contributed by atoms with van der Waals surface area (Å²) in [6.45, 7) is 0.626. The average Bonchev–Trinajstić information content (AvgIpc) is 3.43. The van der Waals surface area contributed by atoms with Gasteiger partial charge in [0, 0.05) is 32.6 Å². The first-order chi connectivity index (χ1) is 16.5. The minimum atomic E-state index is -1.12. The number of benzene rings is 2. The highest BCUT2D eigenvalue weighted by molar-refractivity contribution is 5.83. The Morgan fingerprint density at radius 3 is 2.35 bits per heavy atom. The molecule has 34 heavy (non-hydrogen) atoms. The van der Waals surface area contributed by atoms with Crippen LogP contribution in [0.2, 0.25) is 0 Å². The van der Waals surface area contributed by atoms with Crippen molar-refractivity contribution >= 4 is 18.0 Å². The van der Waals surface area contributed by atoms with E-state index in [4.69, 9.17) is 19.3 Å². The van der Waals surface area contributed by atoms with Crippen LogP contribution in [0.4, 0.5) is 4.79 Å². The third-order valence-electron chi connectivity index (χ3n) is 6.26. The summed E-state index contributed by atoms with van der Waals surface area (Å²) in [6.07, 6.45) is -1.87. The minimum absolute atomic E-state index is 0.0357. The Morgan fingerprint density at radius 1 is 1.09 bits per heavy atom. The van der Waals surface area contributed by atoms with Crippen LogP contribution in [0.5, 0.6) is 0 Å². The molecule has 2 aliphatic rings. The van der Waals surface area contributed by atoms with E-state index in [0.29, 0.717) is 6.42 Å². The molecule has 1 saturated heterocycles. The fourth-order valence-electron chi connectivity index (χ4n) is 4.57. The van der Waals surface area contributed by atoms with Crippen molar-refractivity contribution < 1.29 is 33.7 Å².